The molecule has 2 rings (SSSR count). The first-order valence-electron chi connectivity index (χ1n) is 8.14. The van der Waals surface area contributed by atoms with Crippen molar-refractivity contribution >= 4 is 11.9 Å². The molecule has 114 valence electrons. The van der Waals surface area contributed by atoms with Crippen LogP contribution in [0.2, 0.25) is 0 Å². The summed E-state index contributed by atoms with van der Waals surface area (Å²) in [6.45, 7) is 1.50. The van der Waals surface area contributed by atoms with Crippen LogP contribution in [0.3, 0.4) is 0 Å². The van der Waals surface area contributed by atoms with Crippen molar-refractivity contribution < 1.29 is 14.7 Å². The minimum atomic E-state index is -0.716. The number of carboxylic acid groups (broad SMARTS) is 1. The monoisotopic (exact) mass is 281 g/mol. The Morgan fingerprint density at radius 3 is 2.25 bits per heavy atom. The van der Waals surface area contributed by atoms with Crippen LogP contribution in [-0.2, 0) is 9.59 Å². The Bertz CT molecular complexity index is 329. The van der Waals surface area contributed by atoms with Gasteiger partial charge in [-0.2, -0.15) is 0 Å². The van der Waals surface area contributed by atoms with E-state index < -0.39 is 5.97 Å². The van der Waals surface area contributed by atoms with Gasteiger partial charge in [0.2, 0.25) is 5.91 Å². The van der Waals surface area contributed by atoms with Gasteiger partial charge in [-0.1, -0.05) is 25.7 Å². The Morgan fingerprint density at radius 2 is 1.65 bits per heavy atom. The summed E-state index contributed by atoms with van der Waals surface area (Å²) in [4.78, 5) is 24.7. The van der Waals surface area contributed by atoms with Gasteiger partial charge >= 0.3 is 5.97 Å². The standard InChI is InChI=1S/C16H27NO3/c18-15(7-3-6-13-4-1-2-5-13)17-10-8-14(9-11-17)12-16(19)20/h13-14H,1-12H2,(H,19,20). The predicted octanol–water partition coefficient (Wildman–Crippen LogP) is 3.06. The average Bonchev–Trinajstić information content (AvgIpc) is 2.92. The van der Waals surface area contributed by atoms with Crippen LogP contribution in [0.15, 0.2) is 0 Å². The lowest BCUT2D eigenvalue weighted by Gasteiger charge is -2.31. The van der Waals surface area contributed by atoms with Gasteiger partial charge in [-0.3, -0.25) is 9.59 Å². The molecule has 0 bridgehead atoms. The number of carbonyl (C=O) groups is 2. The van der Waals surface area contributed by atoms with Crippen molar-refractivity contribution in [2.24, 2.45) is 11.8 Å². The van der Waals surface area contributed by atoms with E-state index in [0.29, 0.717) is 6.42 Å². The van der Waals surface area contributed by atoms with Crippen LogP contribution in [0.4, 0.5) is 0 Å². The van der Waals surface area contributed by atoms with Gasteiger partial charge in [0.05, 0.1) is 0 Å². The molecule has 0 aromatic rings. The normalized spacial score (nSPS) is 21.3. The van der Waals surface area contributed by atoms with Crippen LogP contribution in [-0.4, -0.2) is 35.0 Å². The minimum absolute atomic E-state index is 0.254. The maximum atomic E-state index is 12.1. The Balaban J connectivity index is 1.60. The number of hydrogen-bond acceptors (Lipinski definition) is 2. The van der Waals surface area contributed by atoms with E-state index in [-0.39, 0.29) is 18.2 Å². The molecule has 1 saturated heterocycles. The third kappa shape index (κ3) is 4.80. The van der Waals surface area contributed by atoms with Gasteiger partial charge in [0.15, 0.2) is 0 Å². The summed E-state index contributed by atoms with van der Waals surface area (Å²) in [6, 6.07) is 0. The molecule has 1 heterocycles. The number of hydrogen-bond donors (Lipinski definition) is 1. The zero-order valence-electron chi connectivity index (χ0n) is 12.4. The molecule has 2 aliphatic rings. The first kappa shape index (κ1) is 15.3. The lowest BCUT2D eigenvalue weighted by atomic mass is 9.93. The van der Waals surface area contributed by atoms with Gasteiger partial charge in [-0.15, -0.1) is 0 Å². The number of nitrogens with zero attached hydrogens (tertiary/aromatic N) is 1. The van der Waals surface area contributed by atoms with Crippen LogP contribution in [0, 0.1) is 11.8 Å². The van der Waals surface area contributed by atoms with Crippen LogP contribution < -0.4 is 0 Å². The SMILES string of the molecule is O=C(O)CC1CCN(C(=O)CCCC2CCCC2)CC1. The average molecular weight is 281 g/mol. The summed E-state index contributed by atoms with van der Waals surface area (Å²) in [5, 5.41) is 8.78. The van der Waals surface area contributed by atoms with E-state index in [2.05, 4.69) is 0 Å². The summed E-state index contributed by atoms with van der Waals surface area (Å²) in [5.74, 6) is 0.683. The fourth-order valence-electron chi connectivity index (χ4n) is 3.63. The molecular formula is C16H27NO3. The number of carbonyl (C=O) groups excluding carboxylic acids is 1. The molecule has 0 aromatic carbocycles. The van der Waals surface area contributed by atoms with Crippen LogP contribution >= 0.6 is 0 Å². The topological polar surface area (TPSA) is 57.6 Å². The summed E-state index contributed by atoms with van der Waals surface area (Å²) < 4.78 is 0. The zero-order chi connectivity index (χ0) is 14.4. The van der Waals surface area contributed by atoms with Gasteiger partial charge in [0, 0.05) is 25.9 Å². The molecule has 1 amide bonds. The first-order chi connectivity index (χ1) is 9.65. The molecule has 0 radical (unpaired) electrons. The highest BCUT2D eigenvalue weighted by Gasteiger charge is 2.24. The number of likely N-dealkylation sites (tertiary alicyclic amines) is 1. The fraction of sp³-hybridized carbons (Fsp3) is 0.875. The second kappa shape index (κ2) is 7.65. The highest BCUT2D eigenvalue weighted by Crippen LogP contribution is 2.29. The summed E-state index contributed by atoms with van der Waals surface area (Å²) in [7, 11) is 0. The third-order valence-electron chi connectivity index (χ3n) is 4.91. The van der Waals surface area contributed by atoms with Gasteiger partial charge in [0.1, 0.15) is 0 Å². The lowest BCUT2D eigenvalue weighted by Crippen LogP contribution is -2.38. The number of rotatable bonds is 6. The van der Waals surface area contributed by atoms with Crippen LogP contribution in [0.25, 0.3) is 0 Å². The van der Waals surface area contributed by atoms with Crippen molar-refractivity contribution in [3.8, 4) is 0 Å². The predicted molar refractivity (Wildman–Crippen MR) is 77.4 cm³/mol. The van der Waals surface area contributed by atoms with Gasteiger partial charge in [0.25, 0.3) is 0 Å². The molecule has 1 aliphatic carbocycles. The van der Waals surface area contributed by atoms with Gasteiger partial charge in [-0.25, -0.2) is 0 Å². The molecule has 4 heteroatoms. The van der Waals surface area contributed by atoms with E-state index in [1.165, 1.54) is 32.1 Å². The number of carboxylic acids is 1. The molecule has 0 atom stereocenters. The van der Waals surface area contributed by atoms with E-state index in [4.69, 9.17) is 5.11 Å². The fourth-order valence-corrected chi connectivity index (χ4v) is 3.63. The number of amides is 1. The molecule has 4 nitrogen and oxygen atoms in total. The zero-order valence-corrected chi connectivity index (χ0v) is 12.4. The van der Waals surface area contributed by atoms with Crippen LogP contribution in [0.1, 0.15) is 64.2 Å². The van der Waals surface area contributed by atoms with E-state index in [1.807, 2.05) is 4.90 Å². The van der Waals surface area contributed by atoms with E-state index in [0.717, 1.165) is 38.3 Å². The highest BCUT2D eigenvalue weighted by molar-refractivity contribution is 5.76. The van der Waals surface area contributed by atoms with Crippen molar-refractivity contribution in [2.45, 2.75) is 64.2 Å². The Kier molecular flexibility index (Phi) is 5.86. The quantitative estimate of drug-likeness (QED) is 0.814. The van der Waals surface area contributed by atoms with Gasteiger partial charge < -0.3 is 10.0 Å². The maximum absolute atomic E-state index is 12.1. The minimum Gasteiger partial charge on any atom is -0.481 e. The summed E-state index contributed by atoms with van der Waals surface area (Å²) >= 11 is 0. The largest absolute Gasteiger partial charge is 0.481 e. The summed E-state index contributed by atoms with van der Waals surface area (Å²) in [5.41, 5.74) is 0. The molecule has 0 unspecified atom stereocenters. The number of piperidine rings is 1. The van der Waals surface area contributed by atoms with Crippen molar-refractivity contribution in [3.63, 3.8) is 0 Å². The van der Waals surface area contributed by atoms with E-state index in [1.54, 1.807) is 0 Å². The molecule has 2 fully saturated rings. The summed E-state index contributed by atoms with van der Waals surface area (Å²) in [6.07, 6.45) is 10.3. The smallest absolute Gasteiger partial charge is 0.303 e. The molecule has 1 aliphatic heterocycles. The van der Waals surface area contributed by atoms with Crippen LogP contribution in [0.5, 0.6) is 0 Å². The highest BCUT2D eigenvalue weighted by atomic mass is 16.4. The van der Waals surface area contributed by atoms with Crippen molar-refractivity contribution in [1.82, 2.24) is 4.90 Å². The Hall–Kier alpha value is -1.06. The Morgan fingerprint density at radius 1 is 1.00 bits per heavy atom. The molecule has 0 aromatic heterocycles. The second-order valence-corrected chi connectivity index (χ2v) is 6.46. The van der Waals surface area contributed by atoms with Crippen molar-refractivity contribution in [1.29, 1.82) is 0 Å². The molecule has 20 heavy (non-hydrogen) atoms. The molecule has 1 saturated carbocycles. The molecule has 1 N–H and O–H groups in total. The first-order valence-corrected chi connectivity index (χ1v) is 8.14. The second-order valence-electron chi connectivity index (χ2n) is 6.46. The third-order valence-corrected chi connectivity index (χ3v) is 4.91. The molecular weight excluding hydrogens is 254 g/mol. The van der Waals surface area contributed by atoms with Crippen molar-refractivity contribution in [3.05, 3.63) is 0 Å². The number of aliphatic carboxylic acids is 1. The Labute approximate surface area is 121 Å². The van der Waals surface area contributed by atoms with E-state index >= 15 is 0 Å². The molecule has 0 spiro atoms. The van der Waals surface area contributed by atoms with Crippen molar-refractivity contribution in [2.75, 3.05) is 13.1 Å². The maximum Gasteiger partial charge on any atom is 0.303 e. The van der Waals surface area contributed by atoms with Gasteiger partial charge in [-0.05, 0) is 37.5 Å². The van der Waals surface area contributed by atoms with E-state index in [9.17, 15) is 9.59 Å². The lowest BCUT2D eigenvalue weighted by molar-refractivity contribution is -0.138.